The number of anilines is 2. The third kappa shape index (κ3) is 4.02. The summed E-state index contributed by atoms with van der Waals surface area (Å²) < 4.78 is 53.2. The Bertz CT molecular complexity index is 1160. The Morgan fingerprint density at radius 2 is 1.91 bits per heavy atom. The number of hydrogen-bond acceptors (Lipinski definition) is 8. The van der Waals surface area contributed by atoms with Crippen LogP contribution in [0.1, 0.15) is 24.4 Å². The first-order valence-corrected chi connectivity index (χ1v) is 10.9. The van der Waals surface area contributed by atoms with Crippen molar-refractivity contribution >= 4 is 22.8 Å². The topological polar surface area (TPSA) is 112 Å². The zero-order valence-electron chi connectivity index (χ0n) is 17.9. The van der Waals surface area contributed by atoms with Crippen LogP contribution in [0.25, 0.3) is 11.2 Å². The van der Waals surface area contributed by atoms with Crippen molar-refractivity contribution in [2.24, 2.45) is 5.92 Å². The fourth-order valence-electron chi connectivity index (χ4n) is 4.75. The van der Waals surface area contributed by atoms with E-state index >= 15 is 0 Å². The van der Waals surface area contributed by atoms with Gasteiger partial charge < -0.3 is 25.0 Å². The monoisotopic (exact) mass is 481 g/mol. The van der Waals surface area contributed by atoms with Gasteiger partial charge in [0.1, 0.15) is 23.8 Å². The smallest absolute Gasteiger partial charge is 0.390 e. The average molecular weight is 481 g/mol. The maximum Gasteiger partial charge on any atom is 0.417 e. The number of alkyl halides is 4. The first kappa shape index (κ1) is 22.7. The molecule has 1 aliphatic heterocycles. The molecular weight excluding hydrogens is 458 g/mol. The quantitative estimate of drug-likeness (QED) is 0.476. The Morgan fingerprint density at radius 1 is 1.09 bits per heavy atom. The summed E-state index contributed by atoms with van der Waals surface area (Å²) in [6.45, 7) is 0.390. The molecule has 0 amide bonds. The average Bonchev–Trinajstić information content (AvgIpc) is 3.52. The van der Waals surface area contributed by atoms with E-state index in [4.69, 9.17) is 0 Å². The van der Waals surface area contributed by atoms with E-state index in [1.54, 1.807) is 4.57 Å². The molecule has 182 valence electrons. The molecule has 3 aromatic heterocycles. The summed E-state index contributed by atoms with van der Waals surface area (Å²) in [4.78, 5) is 18.8. The summed E-state index contributed by atoms with van der Waals surface area (Å²) in [5.41, 5.74) is 0.133. The first-order chi connectivity index (χ1) is 16.3. The molecule has 9 nitrogen and oxygen atoms in total. The number of aliphatic hydroxyl groups excluding tert-OH is 2. The highest BCUT2D eigenvalue weighted by Crippen LogP contribution is 2.37. The fourth-order valence-corrected chi connectivity index (χ4v) is 4.75. The second kappa shape index (κ2) is 8.62. The van der Waals surface area contributed by atoms with Gasteiger partial charge in [0.25, 0.3) is 0 Å². The number of nitrogens with zero attached hydrogens (tertiary/aromatic N) is 6. The standard InChI is InChI=1S/C21H23F4N7O2/c22-6-11-5-14(18(34)17(11)33)32-10-29-16-19(27-9-28-20(16)32)30-13-3-4-31(8-13)15-2-1-12(7-26-15)21(23,24)25/h1-2,7,9-11,13-14,17-18,33-34H,3-6,8H2,(H,27,28,30). The lowest BCUT2D eigenvalue weighted by Gasteiger charge is -2.19. The number of hydrogen-bond donors (Lipinski definition) is 3. The van der Waals surface area contributed by atoms with Gasteiger partial charge >= 0.3 is 6.18 Å². The van der Waals surface area contributed by atoms with Gasteiger partial charge in [0.05, 0.1) is 30.7 Å². The lowest BCUT2D eigenvalue weighted by Crippen LogP contribution is -2.30. The maximum absolute atomic E-state index is 13.2. The molecule has 0 bridgehead atoms. The molecule has 2 aliphatic rings. The molecule has 13 heteroatoms. The van der Waals surface area contributed by atoms with Gasteiger partial charge in [-0.25, -0.2) is 19.9 Å². The predicted octanol–water partition coefficient (Wildman–Crippen LogP) is 2.18. The molecule has 34 heavy (non-hydrogen) atoms. The van der Waals surface area contributed by atoms with E-state index in [1.807, 2.05) is 4.90 Å². The molecule has 5 rings (SSSR count). The van der Waals surface area contributed by atoms with Gasteiger partial charge in [-0.15, -0.1) is 0 Å². The molecular formula is C21H23F4N7O2. The maximum atomic E-state index is 13.2. The van der Waals surface area contributed by atoms with E-state index in [-0.39, 0.29) is 12.5 Å². The molecule has 2 fully saturated rings. The second-order valence-electron chi connectivity index (χ2n) is 8.72. The first-order valence-electron chi connectivity index (χ1n) is 10.9. The van der Waals surface area contributed by atoms with Crippen molar-refractivity contribution in [2.45, 2.75) is 43.3 Å². The molecule has 3 N–H and O–H groups in total. The highest BCUT2D eigenvalue weighted by atomic mass is 19.4. The number of imidazole rings is 1. The van der Waals surface area contributed by atoms with Gasteiger partial charge in [0, 0.05) is 31.2 Å². The summed E-state index contributed by atoms with van der Waals surface area (Å²) >= 11 is 0. The Labute approximate surface area is 191 Å². The molecule has 1 saturated carbocycles. The van der Waals surface area contributed by atoms with Crippen LogP contribution in [-0.2, 0) is 6.18 Å². The number of rotatable bonds is 5. The van der Waals surface area contributed by atoms with Crippen molar-refractivity contribution in [3.05, 3.63) is 36.5 Å². The van der Waals surface area contributed by atoms with Crippen LogP contribution in [0.5, 0.6) is 0 Å². The zero-order chi connectivity index (χ0) is 24.0. The Balaban J connectivity index is 1.31. The van der Waals surface area contributed by atoms with Gasteiger partial charge in [-0.05, 0) is 25.0 Å². The van der Waals surface area contributed by atoms with Crippen LogP contribution < -0.4 is 10.2 Å². The van der Waals surface area contributed by atoms with Crippen LogP contribution in [0.2, 0.25) is 0 Å². The number of aromatic nitrogens is 5. The number of fused-ring (bicyclic) bond motifs is 1. The van der Waals surface area contributed by atoms with E-state index in [9.17, 15) is 27.8 Å². The third-order valence-electron chi connectivity index (χ3n) is 6.61. The predicted molar refractivity (Wildman–Crippen MR) is 114 cm³/mol. The van der Waals surface area contributed by atoms with E-state index in [0.717, 1.165) is 12.3 Å². The van der Waals surface area contributed by atoms with Gasteiger partial charge in [0.15, 0.2) is 11.5 Å². The summed E-state index contributed by atoms with van der Waals surface area (Å²) in [5.74, 6) is 0.289. The van der Waals surface area contributed by atoms with E-state index < -0.39 is 42.6 Å². The molecule has 0 aromatic carbocycles. The van der Waals surface area contributed by atoms with Crippen LogP contribution in [0, 0.1) is 5.92 Å². The summed E-state index contributed by atoms with van der Waals surface area (Å²) in [7, 11) is 0. The molecule has 1 aliphatic carbocycles. The molecule has 5 atom stereocenters. The zero-order valence-corrected chi connectivity index (χ0v) is 17.9. The fraction of sp³-hybridized carbons (Fsp3) is 0.524. The molecule has 1 saturated heterocycles. The Kier molecular flexibility index (Phi) is 5.76. The van der Waals surface area contributed by atoms with Crippen molar-refractivity contribution in [2.75, 3.05) is 30.0 Å². The van der Waals surface area contributed by atoms with Crippen LogP contribution >= 0.6 is 0 Å². The van der Waals surface area contributed by atoms with E-state index in [1.165, 1.54) is 18.7 Å². The minimum Gasteiger partial charge on any atom is -0.390 e. The number of aliphatic hydroxyl groups is 2. The Hall–Kier alpha value is -3.06. The second-order valence-corrected chi connectivity index (χ2v) is 8.72. The van der Waals surface area contributed by atoms with Crippen molar-refractivity contribution < 1.29 is 27.8 Å². The minimum atomic E-state index is -4.43. The van der Waals surface area contributed by atoms with Crippen molar-refractivity contribution in [3.8, 4) is 0 Å². The molecule has 4 heterocycles. The molecule has 5 unspecified atom stereocenters. The summed E-state index contributed by atoms with van der Waals surface area (Å²) in [6.07, 6.45) is -2.06. The van der Waals surface area contributed by atoms with Crippen LogP contribution in [-0.4, -0.2) is 72.7 Å². The number of nitrogens with one attached hydrogen (secondary N) is 1. The lowest BCUT2D eigenvalue weighted by molar-refractivity contribution is -0.137. The number of halogens is 4. The molecule has 3 aromatic rings. The van der Waals surface area contributed by atoms with Gasteiger partial charge in [-0.1, -0.05) is 0 Å². The SMILES string of the molecule is OC1C(CF)CC(n2cnc3c(NC4CCN(c5ccc(C(F)(F)F)cn5)C4)ncnc32)C1O. The summed E-state index contributed by atoms with van der Waals surface area (Å²) in [5, 5.41) is 23.8. The van der Waals surface area contributed by atoms with E-state index in [2.05, 4.69) is 25.3 Å². The van der Waals surface area contributed by atoms with Crippen LogP contribution in [0.15, 0.2) is 31.0 Å². The van der Waals surface area contributed by atoms with Gasteiger partial charge in [-0.2, -0.15) is 13.2 Å². The van der Waals surface area contributed by atoms with Crippen molar-refractivity contribution in [1.82, 2.24) is 24.5 Å². The van der Waals surface area contributed by atoms with Crippen LogP contribution in [0.3, 0.4) is 0 Å². The lowest BCUT2D eigenvalue weighted by atomic mass is 10.1. The third-order valence-corrected chi connectivity index (χ3v) is 6.61. The van der Waals surface area contributed by atoms with Crippen LogP contribution in [0.4, 0.5) is 29.2 Å². The Morgan fingerprint density at radius 3 is 2.59 bits per heavy atom. The highest BCUT2D eigenvalue weighted by Gasteiger charge is 2.43. The van der Waals surface area contributed by atoms with Crippen molar-refractivity contribution in [1.29, 1.82) is 0 Å². The van der Waals surface area contributed by atoms with E-state index in [0.29, 0.717) is 42.3 Å². The highest BCUT2D eigenvalue weighted by molar-refractivity contribution is 5.83. The number of pyridine rings is 1. The van der Waals surface area contributed by atoms with Gasteiger partial charge in [-0.3, -0.25) is 4.39 Å². The molecule has 0 radical (unpaired) electrons. The minimum absolute atomic E-state index is 0.0536. The van der Waals surface area contributed by atoms with Crippen molar-refractivity contribution in [3.63, 3.8) is 0 Å². The summed E-state index contributed by atoms with van der Waals surface area (Å²) in [6, 6.07) is 1.77. The molecule has 0 spiro atoms. The largest absolute Gasteiger partial charge is 0.417 e. The normalized spacial score (nSPS) is 27.6. The van der Waals surface area contributed by atoms with Gasteiger partial charge in [0.2, 0.25) is 0 Å².